The van der Waals surface area contributed by atoms with E-state index in [1.807, 2.05) is 0 Å². The van der Waals surface area contributed by atoms with Crippen molar-refractivity contribution in [3.8, 4) is 11.4 Å². The summed E-state index contributed by atoms with van der Waals surface area (Å²) in [6, 6.07) is 10.2. The summed E-state index contributed by atoms with van der Waals surface area (Å²) in [5, 5.41) is 18.1. The second-order valence-electron chi connectivity index (χ2n) is 12.2. The Morgan fingerprint density at radius 3 is 2.36 bits per heavy atom. The molecule has 13 nitrogen and oxygen atoms in total. The third-order valence-corrected chi connectivity index (χ3v) is 7.97. The lowest BCUT2D eigenvalue weighted by molar-refractivity contribution is -0.156. The number of nitrogens with one attached hydrogen (secondary N) is 2. The molecule has 2 N–H and O–H groups in total. The molecule has 0 bridgehead atoms. The van der Waals surface area contributed by atoms with E-state index in [0.717, 1.165) is 4.80 Å². The van der Waals surface area contributed by atoms with Crippen LogP contribution in [0.2, 0.25) is 10.0 Å². The highest BCUT2D eigenvalue weighted by Crippen LogP contribution is 2.31. The highest BCUT2D eigenvalue weighted by molar-refractivity contribution is 6.38. The zero-order valence-corrected chi connectivity index (χ0v) is 28.0. The molecule has 3 amide bonds. The summed E-state index contributed by atoms with van der Waals surface area (Å²) in [5.74, 6) is -2.71. The number of hydrogen-bond acceptors (Lipinski definition) is 9. The third-order valence-electron chi connectivity index (χ3n) is 7.34. The standard InChI is InChI=1S/C32H37Cl2N7O6/c1-19(40-16-9-8-15-23(31(40)46)35-30(45)20-11-6-5-7-12-20)29(44)36-24(17-26(43)47-32(2,3)4)25(42)18-41-38-28(37-39-41)27-21(33)13-10-14-22(27)34/h5-7,10-14,19,23-24H,8-9,15-18H2,1-4H3,(H,35,45)(H,36,44)/t19?,23-,24?/m0/s1. The predicted octanol–water partition coefficient (Wildman–Crippen LogP) is 3.63. The molecular formula is C32H37Cl2N7O6. The minimum atomic E-state index is -1.34. The number of Topliss-reactive ketones (excluding diaryl/α,β-unsaturated/α-hetero) is 1. The van der Waals surface area contributed by atoms with Gasteiger partial charge in [-0.1, -0.05) is 47.5 Å². The lowest BCUT2D eigenvalue weighted by atomic mass is 10.1. The molecule has 0 radical (unpaired) electrons. The Morgan fingerprint density at radius 1 is 1.02 bits per heavy atom. The van der Waals surface area contributed by atoms with Gasteiger partial charge in [0.15, 0.2) is 5.78 Å². The predicted molar refractivity (Wildman–Crippen MR) is 173 cm³/mol. The van der Waals surface area contributed by atoms with Crippen LogP contribution < -0.4 is 10.6 Å². The number of carbonyl (C=O) groups excluding carboxylic acids is 5. The Labute approximate surface area is 282 Å². The van der Waals surface area contributed by atoms with Crippen LogP contribution in [0, 0.1) is 0 Å². The number of ketones is 1. The summed E-state index contributed by atoms with van der Waals surface area (Å²) in [6.07, 6.45) is 1.20. The van der Waals surface area contributed by atoms with Crippen molar-refractivity contribution >= 4 is 52.7 Å². The highest BCUT2D eigenvalue weighted by Gasteiger charge is 2.36. The van der Waals surface area contributed by atoms with Gasteiger partial charge < -0.3 is 20.3 Å². The zero-order chi connectivity index (χ0) is 34.3. The Balaban J connectivity index is 1.49. The summed E-state index contributed by atoms with van der Waals surface area (Å²) in [7, 11) is 0. The Morgan fingerprint density at radius 2 is 1.70 bits per heavy atom. The number of rotatable bonds is 11. The number of aromatic nitrogens is 4. The van der Waals surface area contributed by atoms with Crippen LogP contribution >= 0.6 is 23.2 Å². The molecule has 47 heavy (non-hydrogen) atoms. The van der Waals surface area contributed by atoms with Crippen LogP contribution in [0.5, 0.6) is 0 Å². The molecule has 3 aromatic rings. The number of ether oxygens (including phenoxy) is 1. The van der Waals surface area contributed by atoms with Gasteiger partial charge in [-0.25, -0.2) is 0 Å². The number of hydrogen-bond donors (Lipinski definition) is 2. The fraction of sp³-hybridized carbons (Fsp3) is 0.438. The van der Waals surface area contributed by atoms with E-state index < -0.39 is 66.2 Å². The first-order chi connectivity index (χ1) is 22.2. The van der Waals surface area contributed by atoms with Crippen molar-refractivity contribution in [3.63, 3.8) is 0 Å². The first kappa shape index (κ1) is 35.5. The number of esters is 1. The van der Waals surface area contributed by atoms with Gasteiger partial charge in [-0.15, -0.1) is 10.2 Å². The second kappa shape index (κ2) is 15.5. The summed E-state index contributed by atoms with van der Waals surface area (Å²) in [4.78, 5) is 68.6. The van der Waals surface area contributed by atoms with Crippen LogP contribution in [0.25, 0.3) is 11.4 Å². The summed E-state index contributed by atoms with van der Waals surface area (Å²) in [5.41, 5.74) is -0.0901. The molecule has 2 aromatic carbocycles. The van der Waals surface area contributed by atoms with Crippen LogP contribution in [0.15, 0.2) is 48.5 Å². The SMILES string of the molecule is CC(C(=O)NC(CC(=O)OC(C)(C)C)C(=O)Cn1nnc(-c2c(Cl)cccc2Cl)n1)N1CCCC[C@H](NC(=O)c2ccccc2)C1=O. The molecule has 0 spiro atoms. The average molecular weight is 687 g/mol. The zero-order valence-electron chi connectivity index (χ0n) is 26.5. The number of likely N-dealkylation sites (tertiary alicyclic amines) is 1. The topological polar surface area (TPSA) is 165 Å². The van der Waals surface area contributed by atoms with Crippen LogP contribution in [-0.4, -0.2) is 84.9 Å². The van der Waals surface area contributed by atoms with Gasteiger partial charge in [-0.05, 0) is 76.4 Å². The summed E-state index contributed by atoms with van der Waals surface area (Å²) < 4.78 is 5.41. The van der Waals surface area contributed by atoms with E-state index in [1.165, 1.54) is 11.8 Å². The Bertz CT molecular complexity index is 1610. The molecule has 2 unspecified atom stereocenters. The number of amides is 3. The van der Waals surface area contributed by atoms with Crippen molar-refractivity contribution in [2.45, 2.75) is 83.6 Å². The Hall–Kier alpha value is -4.36. The van der Waals surface area contributed by atoms with E-state index in [4.69, 9.17) is 27.9 Å². The normalized spacial score (nSPS) is 16.5. The lowest BCUT2D eigenvalue weighted by Gasteiger charge is -2.31. The van der Waals surface area contributed by atoms with Gasteiger partial charge in [0.2, 0.25) is 17.6 Å². The molecule has 1 fully saturated rings. The van der Waals surface area contributed by atoms with Crippen molar-refractivity contribution in [3.05, 3.63) is 64.1 Å². The van der Waals surface area contributed by atoms with E-state index in [9.17, 15) is 24.0 Å². The average Bonchev–Trinajstić information content (AvgIpc) is 3.38. The van der Waals surface area contributed by atoms with Gasteiger partial charge in [0.05, 0.1) is 22.0 Å². The molecule has 4 rings (SSSR count). The molecule has 3 atom stereocenters. The molecule has 0 saturated carbocycles. The summed E-state index contributed by atoms with van der Waals surface area (Å²) in [6.45, 7) is 6.39. The first-order valence-corrected chi connectivity index (χ1v) is 15.9. The smallest absolute Gasteiger partial charge is 0.308 e. The largest absolute Gasteiger partial charge is 0.460 e. The molecular weight excluding hydrogens is 649 g/mol. The van der Waals surface area contributed by atoms with E-state index in [2.05, 4.69) is 26.0 Å². The highest BCUT2D eigenvalue weighted by atomic mass is 35.5. The maximum atomic E-state index is 13.6. The van der Waals surface area contributed by atoms with Gasteiger partial charge >= 0.3 is 5.97 Å². The number of tetrazole rings is 1. The van der Waals surface area contributed by atoms with Crippen LogP contribution in [-0.2, 0) is 30.5 Å². The maximum Gasteiger partial charge on any atom is 0.308 e. The molecule has 1 aliphatic rings. The number of benzene rings is 2. The fourth-order valence-corrected chi connectivity index (χ4v) is 5.58. The van der Waals surface area contributed by atoms with Crippen molar-refractivity contribution in [1.29, 1.82) is 0 Å². The molecule has 2 heterocycles. The molecule has 0 aliphatic carbocycles. The van der Waals surface area contributed by atoms with E-state index >= 15 is 0 Å². The summed E-state index contributed by atoms with van der Waals surface area (Å²) >= 11 is 12.5. The number of nitrogens with zero attached hydrogens (tertiary/aromatic N) is 5. The quantitative estimate of drug-likeness (QED) is 0.287. The third kappa shape index (κ3) is 9.58. The van der Waals surface area contributed by atoms with Crippen LogP contribution in [0.3, 0.4) is 0 Å². The molecule has 1 saturated heterocycles. The van der Waals surface area contributed by atoms with Crippen molar-refractivity contribution in [2.75, 3.05) is 6.54 Å². The minimum Gasteiger partial charge on any atom is -0.460 e. The van der Waals surface area contributed by atoms with E-state index in [0.29, 0.717) is 30.4 Å². The van der Waals surface area contributed by atoms with Crippen molar-refractivity contribution in [1.82, 2.24) is 35.7 Å². The Kier molecular flexibility index (Phi) is 11.7. The lowest BCUT2D eigenvalue weighted by Crippen LogP contribution is -2.56. The molecule has 15 heteroatoms. The molecule has 1 aliphatic heterocycles. The second-order valence-corrected chi connectivity index (χ2v) is 13.0. The first-order valence-electron chi connectivity index (χ1n) is 15.2. The van der Waals surface area contributed by atoms with Gasteiger partial charge in [-0.3, -0.25) is 24.0 Å². The van der Waals surface area contributed by atoms with Gasteiger partial charge in [-0.2, -0.15) is 4.80 Å². The van der Waals surface area contributed by atoms with Crippen LogP contribution in [0.4, 0.5) is 0 Å². The monoisotopic (exact) mass is 685 g/mol. The van der Waals surface area contributed by atoms with Gasteiger partial charge in [0, 0.05) is 12.1 Å². The van der Waals surface area contributed by atoms with Crippen molar-refractivity contribution in [2.24, 2.45) is 0 Å². The molecule has 1 aromatic heterocycles. The van der Waals surface area contributed by atoms with E-state index in [-0.39, 0.29) is 22.4 Å². The fourth-order valence-electron chi connectivity index (χ4n) is 5.01. The minimum absolute atomic E-state index is 0.0864. The van der Waals surface area contributed by atoms with Crippen LogP contribution in [0.1, 0.15) is 63.7 Å². The van der Waals surface area contributed by atoms with Gasteiger partial charge in [0.1, 0.15) is 30.3 Å². The number of carbonyl (C=O) groups is 5. The van der Waals surface area contributed by atoms with E-state index in [1.54, 1.807) is 69.3 Å². The maximum absolute atomic E-state index is 13.6. The molecule has 250 valence electrons. The van der Waals surface area contributed by atoms with Crippen molar-refractivity contribution < 1.29 is 28.7 Å². The number of halogens is 2. The van der Waals surface area contributed by atoms with Gasteiger partial charge in [0.25, 0.3) is 5.91 Å².